The van der Waals surface area contributed by atoms with Gasteiger partial charge in [-0.1, -0.05) is 18.2 Å². The predicted molar refractivity (Wildman–Crippen MR) is 104 cm³/mol. The Morgan fingerprint density at radius 3 is 2.25 bits per heavy atom. The first-order valence-corrected chi connectivity index (χ1v) is 8.65. The van der Waals surface area contributed by atoms with Crippen LogP contribution in [0.15, 0.2) is 48.7 Å². The second-order valence-corrected chi connectivity index (χ2v) is 6.04. The minimum absolute atomic E-state index is 0.0758. The second-order valence-electron chi connectivity index (χ2n) is 6.04. The number of rotatable bonds is 7. The molecule has 0 saturated heterocycles. The first kappa shape index (κ1) is 19.3. The highest BCUT2D eigenvalue weighted by Gasteiger charge is 2.20. The van der Waals surface area contributed by atoms with Gasteiger partial charge in [-0.25, -0.2) is 9.48 Å². The number of esters is 1. The molecule has 0 unspecified atom stereocenters. The zero-order valence-electron chi connectivity index (χ0n) is 16.3. The number of methoxy groups -OCH3 is 3. The van der Waals surface area contributed by atoms with E-state index >= 15 is 0 Å². The number of ether oxygens (including phenoxy) is 4. The zero-order chi connectivity index (χ0) is 20.1. The first-order chi connectivity index (χ1) is 13.6. The van der Waals surface area contributed by atoms with E-state index in [1.54, 1.807) is 31.2 Å². The Bertz CT molecular complexity index is 966. The van der Waals surface area contributed by atoms with Crippen molar-refractivity contribution in [3.8, 4) is 22.9 Å². The maximum Gasteiger partial charge on any atom is 0.363 e. The van der Waals surface area contributed by atoms with Crippen LogP contribution in [0.1, 0.15) is 21.6 Å². The quantitative estimate of drug-likeness (QED) is 0.582. The molecule has 3 aromatic rings. The van der Waals surface area contributed by atoms with Crippen molar-refractivity contribution >= 4 is 5.97 Å². The summed E-state index contributed by atoms with van der Waals surface area (Å²) in [7, 11) is 4.62. The molecular weight excluding hydrogens is 360 g/mol. The van der Waals surface area contributed by atoms with Crippen molar-refractivity contribution in [1.29, 1.82) is 0 Å². The molecule has 0 spiro atoms. The molecule has 146 valence electrons. The highest BCUT2D eigenvalue weighted by molar-refractivity contribution is 5.90. The van der Waals surface area contributed by atoms with Crippen LogP contribution in [0, 0.1) is 6.92 Å². The summed E-state index contributed by atoms with van der Waals surface area (Å²) in [5.74, 6) is 0.974. The van der Waals surface area contributed by atoms with Crippen molar-refractivity contribution in [3.05, 3.63) is 65.5 Å². The summed E-state index contributed by atoms with van der Waals surface area (Å²) in [4.78, 5) is 12.6. The molecule has 0 aliphatic carbocycles. The number of aromatic nitrogens is 2. The predicted octanol–water partition coefficient (Wildman–Crippen LogP) is 3.56. The van der Waals surface area contributed by atoms with Gasteiger partial charge in [0.05, 0.1) is 33.2 Å². The molecule has 0 saturated carbocycles. The van der Waals surface area contributed by atoms with Crippen molar-refractivity contribution in [1.82, 2.24) is 9.78 Å². The van der Waals surface area contributed by atoms with Crippen molar-refractivity contribution in [2.75, 3.05) is 21.3 Å². The monoisotopic (exact) mass is 382 g/mol. The summed E-state index contributed by atoms with van der Waals surface area (Å²) in [6.45, 7) is 1.99. The lowest BCUT2D eigenvalue weighted by Gasteiger charge is -2.13. The van der Waals surface area contributed by atoms with Gasteiger partial charge in [0.25, 0.3) is 0 Å². The molecule has 3 rings (SSSR count). The average Bonchev–Trinajstić information content (AvgIpc) is 3.17. The molecule has 28 heavy (non-hydrogen) atoms. The smallest absolute Gasteiger partial charge is 0.363 e. The lowest BCUT2D eigenvalue weighted by atomic mass is 10.1. The molecule has 0 aliphatic heterocycles. The third-order valence-corrected chi connectivity index (χ3v) is 4.32. The van der Waals surface area contributed by atoms with Gasteiger partial charge >= 0.3 is 5.97 Å². The molecule has 7 heteroatoms. The molecule has 1 heterocycles. The summed E-state index contributed by atoms with van der Waals surface area (Å²) in [6.07, 6.45) is 1.65. The molecule has 0 atom stereocenters. The van der Waals surface area contributed by atoms with Crippen LogP contribution in [0.4, 0.5) is 0 Å². The van der Waals surface area contributed by atoms with Crippen LogP contribution >= 0.6 is 0 Å². The lowest BCUT2D eigenvalue weighted by Crippen LogP contribution is -2.09. The molecule has 0 fully saturated rings. The third kappa shape index (κ3) is 3.93. The SMILES string of the molecule is COc1cc(C)c(COC(=O)c2nn(-c3ccccc3)cc2OC)cc1OC. The van der Waals surface area contributed by atoms with E-state index in [0.717, 1.165) is 16.8 Å². The minimum atomic E-state index is -0.569. The summed E-state index contributed by atoms with van der Waals surface area (Å²) in [5, 5.41) is 4.32. The van der Waals surface area contributed by atoms with Gasteiger partial charge in [-0.05, 0) is 42.3 Å². The fraction of sp³-hybridized carbons (Fsp3) is 0.238. The van der Waals surface area contributed by atoms with E-state index in [4.69, 9.17) is 18.9 Å². The van der Waals surface area contributed by atoms with Crippen LogP contribution in [0.25, 0.3) is 5.69 Å². The minimum Gasteiger partial charge on any atom is -0.493 e. The lowest BCUT2D eigenvalue weighted by molar-refractivity contribution is 0.0460. The molecule has 2 aromatic carbocycles. The number of hydrogen-bond donors (Lipinski definition) is 0. The van der Waals surface area contributed by atoms with Crippen molar-refractivity contribution in [2.24, 2.45) is 0 Å². The van der Waals surface area contributed by atoms with Crippen LogP contribution < -0.4 is 14.2 Å². The van der Waals surface area contributed by atoms with Gasteiger partial charge in [-0.3, -0.25) is 0 Å². The van der Waals surface area contributed by atoms with Crippen LogP contribution in [0.3, 0.4) is 0 Å². The highest BCUT2D eigenvalue weighted by atomic mass is 16.5. The molecule has 0 aliphatic rings. The van der Waals surface area contributed by atoms with Crippen molar-refractivity contribution in [3.63, 3.8) is 0 Å². The van der Waals surface area contributed by atoms with E-state index in [1.807, 2.05) is 43.3 Å². The number of carbonyl (C=O) groups is 1. The molecule has 0 radical (unpaired) electrons. The molecule has 0 amide bonds. The Labute approximate surface area is 163 Å². The van der Waals surface area contributed by atoms with Gasteiger partial charge in [0.1, 0.15) is 6.61 Å². The second kappa shape index (κ2) is 8.47. The number of para-hydroxylation sites is 1. The van der Waals surface area contributed by atoms with Gasteiger partial charge in [0.15, 0.2) is 17.2 Å². The summed E-state index contributed by atoms with van der Waals surface area (Å²) in [5.41, 5.74) is 2.67. The maximum atomic E-state index is 12.6. The fourth-order valence-corrected chi connectivity index (χ4v) is 2.75. The van der Waals surface area contributed by atoms with Gasteiger partial charge in [-0.15, -0.1) is 0 Å². The average molecular weight is 382 g/mol. The standard InChI is InChI=1S/C21H22N2O5/c1-14-10-17(25-2)18(26-3)11-15(14)13-28-21(24)20-19(27-4)12-23(22-20)16-8-6-5-7-9-16/h5-12H,13H2,1-4H3. The number of nitrogens with zero attached hydrogens (tertiary/aromatic N) is 2. The third-order valence-electron chi connectivity index (χ3n) is 4.32. The maximum absolute atomic E-state index is 12.6. The number of aryl methyl sites for hydroxylation is 1. The number of carbonyl (C=O) groups excluding carboxylic acids is 1. The highest BCUT2D eigenvalue weighted by Crippen LogP contribution is 2.31. The Balaban J connectivity index is 1.80. The van der Waals surface area contributed by atoms with E-state index in [1.165, 1.54) is 7.11 Å². The first-order valence-electron chi connectivity index (χ1n) is 8.65. The Morgan fingerprint density at radius 1 is 0.964 bits per heavy atom. The van der Waals surface area contributed by atoms with Crippen LogP contribution in [-0.4, -0.2) is 37.1 Å². The Morgan fingerprint density at radius 2 is 1.61 bits per heavy atom. The number of hydrogen-bond acceptors (Lipinski definition) is 6. The normalized spacial score (nSPS) is 10.4. The van der Waals surface area contributed by atoms with Crippen molar-refractivity contribution < 1.29 is 23.7 Å². The van der Waals surface area contributed by atoms with Crippen LogP contribution in [0.2, 0.25) is 0 Å². The fourth-order valence-electron chi connectivity index (χ4n) is 2.75. The molecule has 0 bridgehead atoms. The Kier molecular flexibility index (Phi) is 5.84. The van der Waals surface area contributed by atoms with E-state index in [9.17, 15) is 4.79 Å². The topological polar surface area (TPSA) is 71.8 Å². The molecule has 7 nitrogen and oxygen atoms in total. The van der Waals surface area contributed by atoms with Crippen molar-refractivity contribution in [2.45, 2.75) is 13.5 Å². The van der Waals surface area contributed by atoms with Gasteiger partial charge in [0, 0.05) is 0 Å². The molecule has 0 N–H and O–H groups in total. The largest absolute Gasteiger partial charge is 0.493 e. The van der Waals surface area contributed by atoms with Crippen LogP contribution in [0.5, 0.6) is 17.2 Å². The van der Waals surface area contributed by atoms with E-state index in [0.29, 0.717) is 17.2 Å². The van der Waals surface area contributed by atoms with E-state index in [2.05, 4.69) is 5.10 Å². The van der Waals surface area contributed by atoms with Gasteiger partial charge in [-0.2, -0.15) is 5.10 Å². The molecule has 1 aromatic heterocycles. The van der Waals surface area contributed by atoms with Gasteiger partial charge < -0.3 is 18.9 Å². The summed E-state index contributed by atoms with van der Waals surface area (Å²) in [6, 6.07) is 13.1. The van der Waals surface area contributed by atoms with Crippen LogP contribution in [-0.2, 0) is 11.3 Å². The van der Waals surface area contributed by atoms with Gasteiger partial charge in [0.2, 0.25) is 5.69 Å². The molecular formula is C21H22N2O5. The summed E-state index contributed by atoms with van der Waals surface area (Å²) >= 11 is 0. The van der Waals surface area contributed by atoms with E-state index in [-0.39, 0.29) is 12.3 Å². The Hall–Kier alpha value is -3.48. The summed E-state index contributed by atoms with van der Waals surface area (Å²) < 4.78 is 22.9. The van der Waals surface area contributed by atoms with E-state index < -0.39 is 5.97 Å². The number of benzene rings is 2. The zero-order valence-corrected chi connectivity index (χ0v) is 16.3.